The Morgan fingerprint density at radius 1 is 1.42 bits per heavy atom. The van der Waals surface area contributed by atoms with E-state index in [1.807, 2.05) is 12.1 Å². The highest BCUT2D eigenvalue weighted by atomic mass is 19.1. The van der Waals surface area contributed by atoms with Crippen LogP contribution < -0.4 is 4.74 Å². The molecule has 3 rings (SSSR count). The van der Waals surface area contributed by atoms with Gasteiger partial charge in [-0.1, -0.05) is 18.6 Å². The molecule has 19 heavy (non-hydrogen) atoms. The number of benzene rings is 1. The summed E-state index contributed by atoms with van der Waals surface area (Å²) < 4.78 is 19.3. The summed E-state index contributed by atoms with van der Waals surface area (Å²) in [5.74, 6) is 1.34. The molecule has 0 radical (unpaired) electrons. The van der Waals surface area contributed by atoms with E-state index in [0.717, 1.165) is 12.3 Å². The van der Waals surface area contributed by atoms with Crippen LogP contribution in [0.25, 0.3) is 0 Å². The van der Waals surface area contributed by atoms with Crippen molar-refractivity contribution in [2.75, 3.05) is 13.7 Å². The number of aliphatic hydroxyl groups is 1. The number of halogens is 1. The summed E-state index contributed by atoms with van der Waals surface area (Å²) in [6.45, 7) is 0.171. The monoisotopic (exact) mass is 264 g/mol. The molecule has 2 aliphatic carbocycles. The molecule has 1 N–H and O–H groups in total. The first-order chi connectivity index (χ1) is 9.18. The van der Waals surface area contributed by atoms with Crippen LogP contribution in [0.1, 0.15) is 31.2 Å². The van der Waals surface area contributed by atoms with E-state index in [4.69, 9.17) is 4.74 Å². The Hall–Kier alpha value is -1.09. The zero-order chi connectivity index (χ0) is 13.5. The van der Waals surface area contributed by atoms with Gasteiger partial charge in [-0.2, -0.15) is 0 Å². The van der Waals surface area contributed by atoms with Gasteiger partial charge in [0.15, 0.2) is 11.6 Å². The molecule has 0 aliphatic heterocycles. The molecule has 1 aromatic rings. The summed E-state index contributed by atoms with van der Waals surface area (Å²) in [6, 6.07) is 5.29. The first-order valence-electron chi connectivity index (χ1n) is 7.11. The number of aliphatic hydroxyl groups excluding tert-OH is 1. The molecule has 0 heterocycles. The van der Waals surface area contributed by atoms with Crippen molar-refractivity contribution in [3.05, 3.63) is 29.6 Å². The van der Waals surface area contributed by atoms with Gasteiger partial charge >= 0.3 is 0 Å². The van der Waals surface area contributed by atoms with Gasteiger partial charge in [-0.15, -0.1) is 0 Å². The van der Waals surface area contributed by atoms with Gasteiger partial charge in [0.25, 0.3) is 0 Å². The largest absolute Gasteiger partial charge is 0.494 e. The molecule has 2 nitrogen and oxygen atoms in total. The third kappa shape index (κ3) is 2.04. The minimum Gasteiger partial charge on any atom is -0.494 e. The molecule has 3 atom stereocenters. The molecular weight excluding hydrogens is 243 g/mol. The summed E-state index contributed by atoms with van der Waals surface area (Å²) in [5, 5.41) is 9.86. The van der Waals surface area contributed by atoms with Gasteiger partial charge in [-0.25, -0.2) is 4.39 Å². The molecule has 3 unspecified atom stereocenters. The molecular formula is C16H21FO2. The minimum absolute atomic E-state index is 0.101. The Balaban J connectivity index is 1.88. The first kappa shape index (κ1) is 12.9. The van der Waals surface area contributed by atoms with Crippen LogP contribution in [0.3, 0.4) is 0 Å². The standard InChI is InChI=1S/C16H21FO2/c1-19-14-4-2-3-12(15(14)17)9-16(10-18)8-11-5-6-13(16)7-11/h2-4,11,13,18H,5-10H2,1H3. The third-order valence-corrected chi connectivity index (χ3v) is 5.22. The van der Waals surface area contributed by atoms with Crippen LogP contribution in [0.4, 0.5) is 4.39 Å². The highest BCUT2D eigenvalue weighted by molar-refractivity contribution is 5.32. The van der Waals surface area contributed by atoms with Gasteiger partial charge < -0.3 is 9.84 Å². The van der Waals surface area contributed by atoms with Gasteiger partial charge in [0.2, 0.25) is 0 Å². The van der Waals surface area contributed by atoms with Gasteiger partial charge in [0, 0.05) is 12.0 Å². The van der Waals surface area contributed by atoms with Crippen molar-refractivity contribution in [3.63, 3.8) is 0 Å². The second-order valence-corrected chi connectivity index (χ2v) is 6.21. The molecule has 0 saturated heterocycles. The summed E-state index contributed by atoms with van der Waals surface area (Å²) >= 11 is 0. The lowest BCUT2D eigenvalue weighted by molar-refractivity contribution is 0.0642. The SMILES string of the molecule is COc1cccc(CC2(CO)CC3CCC2C3)c1F. The predicted molar refractivity (Wildman–Crippen MR) is 71.6 cm³/mol. The van der Waals surface area contributed by atoms with E-state index in [1.165, 1.54) is 26.4 Å². The van der Waals surface area contributed by atoms with Crippen molar-refractivity contribution in [2.45, 2.75) is 32.1 Å². The van der Waals surface area contributed by atoms with Crippen LogP contribution >= 0.6 is 0 Å². The molecule has 2 aliphatic rings. The van der Waals surface area contributed by atoms with E-state index in [2.05, 4.69) is 0 Å². The molecule has 104 valence electrons. The Bertz CT molecular complexity index is 474. The number of fused-ring (bicyclic) bond motifs is 2. The van der Waals surface area contributed by atoms with Crippen molar-refractivity contribution in [3.8, 4) is 5.75 Å². The van der Waals surface area contributed by atoms with E-state index in [-0.39, 0.29) is 17.8 Å². The van der Waals surface area contributed by atoms with Crippen LogP contribution in [-0.4, -0.2) is 18.8 Å². The first-order valence-corrected chi connectivity index (χ1v) is 7.11. The van der Waals surface area contributed by atoms with Crippen molar-refractivity contribution < 1.29 is 14.2 Å². The van der Waals surface area contributed by atoms with E-state index in [0.29, 0.717) is 23.7 Å². The van der Waals surface area contributed by atoms with Crippen molar-refractivity contribution in [1.82, 2.24) is 0 Å². The van der Waals surface area contributed by atoms with Gasteiger partial charge in [-0.05, 0) is 49.1 Å². The summed E-state index contributed by atoms with van der Waals surface area (Å²) in [5.41, 5.74) is 0.580. The zero-order valence-electron chi connectivity index (χ0n) is 11.4. The number of methoxy groups -OCH3 is 1. The highest BCUT2D eigenvalue weighted by Gasteiger charge is 2.50. The smallest absolute Gasteiger partial charge is 0.168 e. The number of hydrogen-bond donors (Lipinski definition) is 1. The lowest BCUT2D eigenvalue weighted by Gasteiger charge is -2.36. The second kappa shape index (κ2) is 4.78. The zero-order valence-corrected chi connectivity index (χ0v) is 11.4. The summed E-state index contributed by atoms with van der Waals surface area (Å²) in [6.07, 6.45) is 5.37. The van der Waals surface area contributed by atoms with Crippen LogP contribution in [0, 0.1) is 23.1 Å². The Morgan fingerprint density at radius 2 is 2.26 bits per heavy atom. The van der Waals surface area contributed by atoms with Crippen molar-refractivity contribution in [2.24, 2.45) is 17.3 Å². The Morgan fingerprint density at radius 3 is 2.84 bits per heavy atom. The summed E-state index contributed by atoms with van der Waals surface area (Å²) in [4.78, 5) is 0. The highest BCUT2D eigenvalue weighted by Crippen LogP contribution is 2.57. The average Bonchev–Trinajstić information content (AvgIpc) is 3.02. The molecule has 2 fully saturated rings. The van der Waals surface area contributed by atoms with Gasteiger partial charge in [0.1, 0.15) is 0 Å². The van der Waals surface area contributed by atoms with E-state index in [1.54, 1.807) is 6.07 Å². The lowest BCUT2D eigenvalue weighted by atomic mass is 9.70. The average molecular weight is 264 g/mol. The van der Waals surface area contributed by atoms with E-state index >= 15 is 0 Å². The van der Waals surface area contributed by atoms with E-state index < -0.39 is 0 Å². The molecule has 1 aromatic carbocycles. The maximum atomic E-state index is 14.3. The fourth-order valence-electron chi connectivity index (χ4n) is 4.25. The maximum Gasteiger partial charge on any atom is 0.168 e. The van der Waals surface area contributed by atoms with Crippen molar-refractivity contribution in [1.29, 1.82) is 0 Å². The normalized spacial score (nSPS) is 32.8. The number of hydrogen-bond acceptors (Lipinski definition) is 2. The predicted octanol–water partition coefficient (Wildman–Crippen LogP) is 3.18. The quantitative estimate of drug-likeness (QED) is 0.905. The molecule has 2 saturated carbocycles. The fourth-order valence-corrected chi connectivity index (χ4v) is 4.25. The number of rotatable bonds is 4. The van der Waals surface area contributed by atoms with Crippen LogP contribution in [0.15, 0.2) is 18.2 Å². The fraction of sp³-hybridized carbons (Fsp3) is 0.625. The summed E-state index contributed by atoms with van der Waals surface area (Å²) in [7, 11) is 1.49. The van der Waals surface area contributed by atoms with Crippen LogP contribution in [0.2, 0.25) is 0 Å². The molecule has 3 heteroatoms. The van der Waals surface area contributed by atoms with Gasteiger partial charge in [-0.3, -0.25) is 0 Å². The van der Waals surface area contributed by atoms with Gasteiger partial charge in [0.05, 0.1) is 7.11 Å². The minimum atomic E-state index is -0.263. The third-order valence-electron chi connectivity index (χ3n) is 5.22. The van der Waals surface area contributed by atoms with Crippen molar-refractivity contribution >= 4 is 0 Å². The topological polar surface area (TPSA) is 29.5 Å². The maximum absolute atomic E-state index is 14.3. The lowest BCUT2D eigenvalue weighted by Crippen LogP contribution is -2.34. The second-order valence-electron chi connectivity index (χ2n) is 6.21. The molecule has 2 bridgehead atoms. The van der Waals surface area contributed by atoms with Crippen LogP contribution in [-0.2, 0) is 6.42 Å². The molecule has 0 amide bonds. The molecule has 0 spiro atoms. The Labute approximate surface area is 113 Å². The van der Waals surface area contributed by atoms with Crippen LogP contribution in [0.5, 0.6) is 5.75 Å². The Kier molecular flexibility index (Phi) is 3.25. The number of ether oxygens (including phenoxy) is 1. The molecule has 0 aromatic heterocycles. The van der Waals surface area contributed by atoms with E-state index in [9.17, 15) is 9.50 Å².